The van der Waals surface area contributed by atoms with Gasteiger partial charge < -0.3 is 9.64 Å². The highest BCUT2D eigenvalue weighted by Crippen LogP contribution is 2.34. The van der Waals surface area contributed by atoms with E-state index in [1.165, 1.54) is 24.1 Å². The number of ether oxygens (including phenoxy) is 1. The number of carbonyl (C=O) groups excluding carboxylic acids is 2. The van der Waals surface area contributed by atoms with Crippen molar-refractivity contribution in [2.75, 3.05) is 18.6 Å². The number of rotatable bonds is 5. The number of carbonyl (C=O) groups is 2. The number of aromatic nitrogens is 2. The van der Waals surface area contributed by atoms with Gasteiger partial charge in [0.15, 0.2) is 0 Å². The normalized spacial score (nSPS) is 14.1. The van der Waals surface area contributed by atoms with E-state index in [1.54, 1.807) is 42.7 Å². The lowest BCUT2D eigenvalue weighted by atomic mass is 10.1. The molecule has 3 amide bonds. The molecule has 7 nitrogen and oxygen atoms in total. The van der Waals surface area contributed by atoms with Crippen LogP contribution in [0.2, 0.25) is 0 Å². The van der Waals surface area contributed by atoms with Crippen LogP contribution >= 0.6 is 0 Å². The molecule has 0 atom stereocenters. The average molecular weight is 380 g/mol. The smallest absolute Gasteiger partial charge is 0.332 e. The summed E-state index contributed by atoms with van der Waals surface area (Å²) < 4.78 is 18.8. The highest BCUT2D eigenvalue weighted by Gasteiger charge is 2.37. The average Bonchev–Trinajstić information content (AvgIpc) is 3.30. The minimum absolute atomic E-state index is 0.0683. The lowest BCUT2D eigenvalue weighted by molar-refractivity contribution is -0.116. The summed E-state index contributed by atoms with van der Waals surface area (Å²) in [6.45, 7) is 0.0875. The first kappa shape index (κ1) is 17.7. The molecule has 1 fully saturated rings. The molecule has 1 saturated heterocycles. The van der Waals surface area contributed by atoms with Gasteiger partial charge in [0.1, 0.15) is 18.1 Å². The Morgan fingerprint density at radius 3 is 2.79 bits per heavy atom. The molecule has 8 heteroatoms. The van der Waals surface area contributed by atoms with Crippen molar-refractivity contribution in [3.8, 4) is 16.9 Å². The monoisotopic (exact) mass is 380 g/mol. The third-order valence-corrected chi connectivity index (χ3v) is 4.55. The molecule has 28 heavy (non-hydrogen) atoms. The molecule has 1 aliphatic rings. The van der Waals surface area contributed by atoms with Crippen LogP contribution in [0.3, 0.4) is 0 Å². The molecule has 1 aliphatic heterocycles. The van der Waals surface area contributed by atoms with Gasteiger partial charge in [0.2, 0.25) is 0 Å². The third kappa shape index (κ3) is 3.20. The summed E-state index contributed by atoms with van der Waals surface area (Å²) in [7, 11) is 1.52. The molecule has 1 N–H and O–H groups in total. The molecule has 0 unspecified atom stereocenters. The first-order chi connectivity index (χ1) is 13.6. The van der Waals surface area contributed by atoms with Crippen molar-refractivity contribution in [2.45, 2.75) is 6.54 Å². The Labute approximate surface area is 160 Å². The quantitative estimate of drug-likeness (QED) is 0.690. The number of aromatic amines is 1. The summed E-state index contributed by atoms with van der Waals surface area (Å²) in [6.07, 6.45) is 3.38. The van der Waals surface area contributed by atoms with Gasteiger partial charge in [0.25, 0.3) is 5.91 Å². The molecule has 0 saturated carbocycles. The minimum Gasteiger partial charge on any atom is -0.496 e. The molecule has 3 aromatic rings. The Hall–Kier alpha value is -3.68. The predicted molar refractivity (Wildman–Crippen MR) is 100 cm³/mol. The number of amides is 3. The van der Waals surface area contributed by atoms with Crippen LogP contribution < -0.4 is 9.64 Å². The van der Waals surface area contributed by atoms with Crippen LogP contribution in [0, 0.1) is 5.82 Å². The molecular weight excluding hydrogens is 363 g/mol. The fraction of sp³-hybridized carbons (Fsp3) is 0.150. The highest BCUT2D eigenvalue weighted by atomic mass is 19.1. The molecule has 4 rings (SSSR count). The van der Waals surface area contributed by atoms with Crippen LogP contribution in [0.5, 0.6) is 5.75 Å². The van der Waals surface area contributed by atoms with Crippen LogP contribution in [0.1, 0.15) is 5.56 Å². The summed E-state index contributed by atoms with van der Waals surface area (Å²) in [5.74, 6) is -0.213. The van der Waals surface area contributed by atoms with Gasteiger partial charge in [-0.2, -0.15) is 5.10 Å². The molecule has 142 valence electrons. The SMILES string of the molecule is COc1cc(N2C(=O)CN(Cc3cccc(F)c3)C2=O)ccc1-c1cn[nH]c1. The number of hydrogen-bond donors (Lipinski definition) is 1. The first-order valence-electron chi connectivity index (χ1n) is 8.60. The van der Waals surface area contributed by atoms with Crippen molar-refractivity contribution >= 4 is 17.6 Å². The number of methoxy groups -OCH3 is 1. The molecule has 2 aromatic carbocycles. The fourth-order valence-corrected chi connectivity index (χ4v) is 3.24. The Morgan fingerprint density at radius 2 is 2.07 bits per heavy atom. The lowest BCUT2D eigenvalue weighted by Gasteiger charge is -2.18. The highest BCUT2D eigenvalue weighted by molar-refractivity contribution is 6.19. The zero-order chi connectivity index (χ0) is 19.7. The van der Waals surface area contributed by atoms with Crippen LogP contribution in [0.25, 0.3) is 11.1 Å². The molecule has 0 bridgehead atoms. The summed E-state index contributed by atoms with van der Waals surface area (Å²) in [4.78, 5) is 27.8. The van der Waals surface area contributed by atoms with E-state index in [0.717, 1.165) is 16.0 Å². The van der Waals surface area contributed by atoms with Gasteiger partial charge in [0, 0.05) is 29.9 Å². The van der Waals surface area contributed by atoms with E-state index in [-0.39, 0.29) is 24.8 Å². The van der Waals surface area contributed by atoms with Gasteiger partial charge in [-0.3, -0.25) is 9.89 Å². The number of nitrogens with zero attached hydrogens (tertiary/aromatic N) is 3. The number of anilines is 1. The van der Waals surface area contributed by atoms with E-state index in [9.17, 15) is 14.0 Å². The van der Waals surface area contributed by atoms with Gasteiger partial charge >= 0.3 is 6.03 Å². The van der Waals surface area contributed by atoms with Gasteiger partial charge in [-0.25, -0.2) is 14.1 Å². The van der Waals surface area contributed by atoms with E-state index in [2.05, 4.69) is 10.2 Å². The third-order valence-electron chi connectivity index (χ3n) is 4.55. The van der Waals surface area contributed by atoms with Crippen molar-refractivity contribution in [2.24, 2.45) is 0 Å². The zero-order valence-electron chi connectivity index (χ0n) is 15.1. The number of imide groups is 1. The number of nitrogens with one attached hydrogen (secondary N) is 1. The van der Waals surface area contributed by atoms with Crippen molar-refractivity contribution < 1.29 is 18.7 Å². The largest absolute Gasteiger partial charge is 0.496 e. The number of urea groups is 1. The zero-order valence-corrected chi connectivity index (χ0v) is 15.1. The Morgan fingerprint density at radius 1 is 1.21 bits per heavy atom. The van der Waals surface area contributed by atoms with Crippen molar-refractivity contribution in [3.05, 3.63) is 66.2 Å². The molecular formula is C20H17FN4O3. The van der Waals surface area contributed by atoms with Crippen molar-refractivity contribution in [1.29, 1.82) is 0 Å². The van der Waals surface area contributed by atoms with Crippen LogP contribution in [0.4, 0.5) is 14.9 Å². The van der Waals surface area contributed by atoms with Crippen LogP contribution in [0.15, 0.2) is 54.9 Å². The second-order valence-electron chi connectivity index (χ2n) is 6.37. The second-order valence-corrected chi connectivity index (χ2v) is 6.37. The summed E-state index contributed by atoms with van der Waals surface area (Å²) >= 11 is 0. The first-order valence-corrected chi connectivity index (χ1v) is 8.60. The molecule has 1 aromatic heterocycles. The summed E-state index contributed by atoms with van der Waals surface area (Å²) in [5.41, 5.74) is 2.66. The maximum atomic E-state index is 13.4. The standard InChI is InChI=1S/C20H17FN4O3/c1-28-18-8-16(5-6-17(18)14-9-22-23-10-14)25-19(26)12-24(20(25)27)11-13-3-2-4-15(21)7-13/h2-10H,11-12H2,1H3,(H,22,23). The summed E-state index contributed by atoms with van der Waals surface area (Å²) in [6, 6.07) is 10.6. The van der Waals surface area contributed by atoms with E-state index in [4.69, 9.17) is 4.74 Å². The van der Waals surface area contributed by atoms with Gasteiger partial charge in [0.05, 0.1) is 19.0 Å². The predicted octanol–water partition coefficient (Wildman–Crippen LogP) is 3.19. The Kier molecular flexibility index (Phi) is 4.52. The van der Waals surface area contributed by atoms with Crippen molar-refractivity contribution in [1.82, 2.24) is 15.1 Å². The summed E-state index contributed by atoms with van der Waals surface area (Å²) in [5, 5.41) is 6.66. The molecule has 0 aliphatic carbocycles. The Bertz CT molecular complexity index is 1040. The topological polar surface area (TPSA) is 78.5 Å². The maximum absolute atomic E-state index is 13.4. The van der Waals surface area contributed by atoms with E-state index >= 15 is 0 Å². The van der Waals surface area contributed by atoms with Gasteiger partial charge in [-0.05, 0) is 29.8 Å². The lowest BCUT2D eigenvalue weighted by Crippen LogP contribution is -2.32. The van der Waals surface area contributed by atoms with Crippen molar-refractivity contribution in [3.63, 3.8) is 0 Å². The van der Waals surface area contributed by atoms with Gasteiger partial charge in [-0.15, -0.1) is 0 Å². The van der Waals surface area contributed by atoms with E-state index < -0.39 is 6.03 Å². The fourth-order valence-electron chi connectivity index (χ4n) is 3.24. The minimum atomic E-state index is -0.452. The molecule has 0 radical (unpaired) electrons. The number of halogens is 1. The Balaban J connectivity index is 1.60. The van der Waals surface area contributed by atoms with Crippen LogP contribution in [-0.4, -0.2) is 40.7 Å². The molecule has 2 heterocycles. The van der Waals surface area contributed by atoms with Crippen LogP contribution in [-0.2, 0) is 11.3 Å². The number of hydrogen-bond acceptors (Lipinski definition) is 4. The maximum Gasteiger partial charge on any atom is 0.332 e. The van der Waals surface area contributed by atoms with E-state index in [0.29, 0.717) is 17.0 Å². The second kappa shape index (κ2) is 7.15. The number of H-pyrrole nitrogens is 1. The van der Waals surface area contributed by atoms with Gasteiger partial charge in [-0.1, -0.05) is 12.1 Å². The molecule has 0 spiro atoms. The van der Waals surface area contributed by atoms with E-state index in [1.807, 2.05) is 0 Å². The number of benzene rings is 2.